The summed E-state index contributed by atoms with van der Waals surface area (Å²) in [4.78, 5) is 12.1. The predicted molar refractivity (Wildman–Crippen MR) is 88.7 cm³/mol. The molecule has 4 nitrogen and oxygen atoms in total. The van der Waals surface area contributed by atoms with Crippen LogP contribution in [0.3, 0.4) is 0 Å². The molecule has 0 aliphatic rings. The lowest BCUT2D eigenvalue weighted by atomic mass is 10.1. The van der Waals surface area contributed by atoms with E-state index in [1.165, 1.54) is 4.68 Å². The third-order valence-electron chi connectivity index (χ3n) is 3.54. The fraction of sp³-hybridized carbons (Fsp3) is 0.111. The van der Waals surface area contributed by atoms with E-state index in [-0.39, 0.29) is 11.3 Å². The first-order chi connectivity index (χ1) is 10.7. The van der Waals surface area contributed by atoms with Crippen LogP contribution in [-0.4, -0.2) is 14.9 Å². The van der Waals surface area contributed by atoms with Crippen molar-refractivity contribution in [1.82, 2.24) is 9.78 Å². The average molecular weight is 292 g/mol. The zero-order valence-electron chi connectivity index (χ0n) is 12.2. The van der Waals surface area contributed by atoms with Crippen molar-refractivity contribution in [2.45, 2.75) is 13.5 Å². The zero-order chi connectivity index (χ0) is 15.5. The van der Waals surface area contributed by atoms with Gasteiger partial charge >= 0.3 is 0 Å². The van der Waals surface area contributed by atoms with Gasteiger partial charge in [0, 0.05) is 11.9 Å². The van der Waals surface area contributed by atoms with Crippen molar-refractivity contribution in [1.29, 1.82) is 0 Å². The van der Waals surface area contributed by atoms with Crippen LogP contribution in [0.2, 0.25) is 0 Å². The summed E-state index contributed by atoms with van der Waals surface area (Å²) in [7, 11) is 0. The van der Waals surface area contributed by atoms with Gasteiger partial charge in [-0.15, -0.1) is 0 Å². The van der Waals surface area contributed by atoms with E-state index < -0.39 is 0 Å². The molecule has 1 aromatic heterocycles. The van der Waals surface area contributed by atoms with Gasteiger partial charge < -0.3 is 5.11 Å². The van der Waals surface area contributed by atoms with Gasteiger partial charge in [0.25, 0.3) is 5.56 Å². The molecule has 0 bridgehead atoms. The van der Waals surface area contributed by atoms with Crippen molar-refractivity contribution in [2.75, 3.05) is 0 Å². The minimum Gasteiger partial charge on any atom is -0.508 e. The maximum absolute atomic E-state index is 12.1. The highest BCUT2D eigenvalue weighted by Crippen LogP contribution is 2.16. The molecule has 4 heteroatoms. The van der Waals surface area contributed by atoms with Gasteiger partial charge in [0.05, 0.1) is 11.6 Å². The molecule has 1 N–H and O–H groups in total. The van der Waals surface area contributed by atoms with Crippen LogP contribution in [0.15, 0.2) is 53.5 Å². The van der Waals surface area contributed by atoms with Crippen LogP contribution in [0.4, 0.5) is 0 Å². The van der Waals surface area contributed by atoms with Gasteiger partial charge in [0.2, 0.25) is 0 Å². The van der Waals surface area contributed by atoms with E-state index in [4.69, 9.17) is 0 Å². The molecule has 1 heterocycles. The van der Waals surface area contributed by atoms with Gasteiger partial charge in [-0.25, -0.2) is 4.68 Å². The summed E-state index contributed by atoms with van der Waals surface area (Å²) in [6, 6.07) is 12.7. The van der Waals surface area contributed by atoms with Crippen molar-refractivity contribution in [3.05, 3.63) is 70.1 Å². The number of phenolic OH excluding ortho intramolecular Hbond substituents is 1. The molecule has 0 unspecified atom stereocenters. The fourth-order valence-corrected chi connectivity index (χ4v) is 2.31. The fourth-order valence-electron chi connectivity index (χ4n) is 2.31. The molecule has 0 aliphatic carbocycles. The summed E-state index contributed by atoms with van der Waals surface area (Å²) in [6.45, 7) is 2.46. The van der Waals surface area contributed by atoms with Crippen LogP contribution < -0.4 is 5.56 Å². The van der Waals surface area contributed by atoms with Crippen LogP contribution in [0.25, 0.3) is 22.9 Å². The lowest BCUT2D eigenvalue weighted by Crippen LogP contribution is -2.21. The highest BCUT2D eigenvalue weighted by Gasteiger charge is 2.02. The number of hydrogen-bond donors (Lipinski definition) is 1. The number of phenols is 1. The number of nitrogens with zero attached hydrogens (tertiary/aromatic N) is 2. The lowest BCUT2D eigenvalue weighted by molar-refractivity contribution is 0.475. The first-order valence-corrected chi connectivity index (χ1v) is 7.14. The maximum atomic E-state index is 12.1. The molecule has 110 valence electrons. The molecular formula is C18H16N2O2. The molecule has 0 aliphatic heterocycles. The average Bonchev–Trinajstić information content (AvgIpc) is 2.55. The van der Waals surface area contributed by atoms with Crippen LogP contribution in [0.5, 0.6) is 5.75 Å². The Hall–Kier alpha value is -2.88. The molecule has 0 saturated heterocycles. The highest BCUT2D eigenvalue weighted by molar-refractivity contribution is 5.84. The second-order valence-corrected chi connectivity index (χ2v) is 5.04. The van der Waals surface area contributed by atoms with Gasteiger partial charge in [0.15, 0.2) is 0 Å². The molecule has 3 aromatic rings. The first-order valence-electron chi connectivity index (χ1n) is 7.14. The molecule has 0 spiro atoms. The molecule has 0 saturated carbocycles. The van der Waals surface area contributed by atoms with E-state index in [0.717, 1.165) is 16.5 Å². The van der Waals surface area contributed by atoms with Gasteiger partial charge in [-0.05, 0) is 42.3 Å². The number of fused-ring (bicyclic) bond motifs is 1. The van der Waals surface area contributed by atoms with Gasteiger partial charge in [0.1, 0.15) is 5.75 Å². The van der Waals surface area contributed by atoms with Crippen molar-refractivity contribution in [3.8, 4) is 5.75 Å². The monoisotopic (exact) mass is 292 g/mol. The number of aryl methyl sites for hydroxylation is 1. The SMILES string of the molecule is CCn1ncc2cc(/C=C/c3ccc(O)cc3)ccc2c1=O. The predicted octanol–water partition coefficient (Wildman–Crippen LogP) is 3.29. The Kier molecular flexibility index (Phi) is 3.74. The molecule has 0 radical (unpaired) electrons. The van der Waals surface area contributed by atoms with E-state index in [2.05, 4.69) is 5.10 Å². The second kappa shape index (κ2) is 5.85. The van der Waals surface area contributed by atoms with Crippen molar-refractivity contribution in [2.24, 2.45) is 0 Å². The van der Waals surface area contributed by atoms with Crippen LogP contribution in [-0.2, 0) is 6.54 Å². The lowest BCUT2D eigenvalue weighted by Gasteiger charge is -2.03. The molecule has 0 fully saturated rings. The molecule has 2 aromatic carbocycles. The number of hydrogen-bond acceptors (Lipinski definition) is 3. The van der Waals surface area contributed by atoms with Crippen LogP contribution >= 0.6 is 0 Å². The van der Waals surface area contributed by atoms with Gasteiger partial charge in [-0.2, -0.15) is 5.10 Å². The molecule has 0 amide bonds. The summed E-state index contributed by atoms with van der Waals surface area (Å²) in [5, 5.41) is 14.9. The Bertz CT molecular complexity index is 893. The van der Waals surface area contributed by atoms with E-state index in [1.807, 2.05) is 49.4 Å². The first kappa shape index (κ1) is 14.1. The standard InChI is InChI=1S/C18H16N2O2/c1-2-20-18(22)17-10-7-14(11-15(17)12-19-20)4-3-13-5-8-16(21)9-6-13/h3-12,21H,2H2,1H3/b4-3+. The minimum atomic E-state index is -0.0611. The Morgan fingerprint density at radius 2 is 1.77 bits per heavy atom. The summed E-state index contributed by atoms with van der Waals surface area (Å²) < 4.78 is 1.45. The third kappa shape index (κ3) is 2.76. The van der Waals surface area contributed by atoms with E-state index in [9.17, 15) is 9.90 Å². The molecule has 0 atom stereocenters. The molecular weight excluding hydrogens is 276 g/mol. The van der Waals surface area contributed by atoms with Crippen LogP contribution in [0.1, 0.15) is 18.1 Å². The minimum absolute atomic E-state index is 0.0611. The number of rotatable bonds is 3. The van der Waals surface area contributed by atoms with Crippen molar-refractivity contribution in [3.63, 3.8) is 0 Å². The zero-order valence-corrected chi connectivity index (χ0v) is 12.2. The Balaban J connectivity index is 1.95. The van der Waals surface area contributed by atoms with E-state index in [1.54, 1.807) is 18.3 Å². The molecule has 3 rings (SSSR count). The Labute approximate surface area is 128 Å². The normalized spacial score (nSPS) is 11.3. The van der Waals surface area contributed by atoms with Crippen LogP contribution in [0, 0.1) is 0 Å². The maximum Gasteiger partial charge on any atom is 0.274 e. The van der Waals surface area contributed by atoms with Gasteiger partial charge in [-0.1, -0.05) is 30.4 Å². The number of benzene rings is 2. The van der Waals surface area contributed by atoms with Gasteiger partial charge in [-0.3, -0.25) is 4.79 Å². The molecule has 22 heavy (non-hydrogen) atoms. The largest absolute Gasteiger partial charge is 0.508 e. The Morgan fingerprint density at radius 3 is 2.50 bits per heavy atom. The summed E-state index contributed by atoms with van der Waals surface area (Å²) in [6.07, 6.45) is 5.65. The number of aromatic hydroxyl groups is 1. The van der Waals surface area contributed by atoms with E-state index in [0.29, 0.717) is 11.9 Å². The smallest absolute Gasteiger partial charge is 0.274 e. The summed E-state index contributed by atoms with van der Waals surface area (Å²) in [5.74, 6) is 0.251. The van der Waals surface area contributed by atoms with E-state index >= 15 is 0 Å². The summed E-state index contributed by atoms with van der Waals surface area (Å²) >= 11 is 0. The third-order valence-corrected chi connectivity index (χ3v) is 3.54. The quantitative estimate of drug-likeness (QED) is 0.754. The number of aromatic nitrogens is 2. The summed E-state index contributed by atoms with van der Waals surface area (Å²) in [5.41, 5.74) is 1.93. The van der Waals surface area contributed by atoms with Crippen molar-refractivity contribution >= 4 is 22.9 Å². The Morgan fingerprint density at radius 1 is 1.09 bits per heavy atom. The van der Waals surface area contributed by atoms with Crippen molar-refractivity contribution < 1.29 is 5.11 Å². The second-order valence-electron chi connectivity index (χ2n) is 5.04. The topological polar surface area (TPSA) is 55.1 Å². The highest BCUT2D eigenvalue weighted by atomic mass is 16.3.